The minimum absolute atomic E-state index is 0. The predicted molar refractivity (Wildman–Crippen MR) is 107 cm³/mol. The number of ether oxygens (including phenoxy) is 1. The van der Waals surface area contributed by atoms with Gasteiger partial charge in [0.15, 0.2) is 5.96 Å². The molecule has 0 bridgehead atoms. The van der Waals surface area contributed by atoms with Crippen molar-refractivity contribution in [3.63, 3.8) is 0 Å². The molecule has 1 saturated carbocycles. The van der Waals surface area contributed by atoms with Crippen LogP contribution in [0.3, 0.4) is 0 Å². The number of aliphatic hydroxyl groups excluding tert-OH is 1. The minimum atomic E-state index is -0.491. The summed E-state index contributed by atoms with van der Waals surface area (Å²) in [6.07, 6.45) is 2.97. The monoisotopic (exact) mass is 456 g/mol. The van der Waals surface area contributed by atoms with E-state index in [9.17, 15) is 9.90 Å². The average Bonchev–Trinajstić information content (AvgIpc) is 2.44. The van der Waals surface area contributed by atoms with Crippen LogP contribution in [0.25, 0.3) is 0 Å². The second-order valence-corrected chi connectivity index (χ2v) is 6.84. The SMILES string of the molecule is CCNC(=NCCNC(=O)OC(C)(C)C)NC1CCC(O)CC1.I. The standard InChI is InChI=1S/C16H32N4O3.HI/c1-5-17-14(20-12-6-8-13(21)9-7-12)18-10-11-19-15(22)23-16(2,3)4;/h12-13,21H,5-11H2,1-4H3,(H,19,22)(H2,17,18,20);1H. The molecule has 0 radical (unpaired) electrons. The number of rotatable bonds is 5. The Morgan fingerprint density at radius 2 is 1.83 bits per heavy atom. The number of nitrogens with zero attached hydrogens (tertiary/aromatic N) is 1. The van der Waals surface area contributed by atoms with Crippen LogP contribution in [0.15, 0.2) is 4.99 Å². The van der Waals surface area contributed by atoms with E-state index in [4.69, 9.17) is 4.74 Å². The van der Waals surface area contributed by atoms with Crippen molar-refractivity contribution in [3.8, 4) is 0 Å². The fourth-order valence-corrected chi connectivity index (χ4v) is 2.37. The highest BCUT2D eigenvalue weighted by Gasteiger charge is 2.20. The Kier molecular flexibility index (Phi) is 11.4. The summed E-state index contributed by atoms with van der Waals surface area (Å²) in [4.78, 5) is 16.0. The second kappa shape index (κ2) is 11.7. The summed E-state index contributed by atoms with van der Waals surface area (Å²) in [6, 6.07) is 0.343. The van der Waals surface area contributed by atoms with E-state index < -0.39 is 11.7 Å². The van der Waals surface area contributed by atoms with Crippen molar-refractivity contribution < 1.29 is 14.6 Å². The molecule has 4 N–H and O–H groups in total. The molecule has 0 atom stereocenters. The van der Waals surface area contributed by atoms with Crippen molar-refractivity contribution >= 4 is 36.0 Å². The van der Waals surface area contributed by atoms with E-state index >= 15 is 0 Å². The summed E-state index contributed by atoms with van der Waals surface area (Å²) in [5.74, 6) is 0.750. The highest BCUT2D eigenvalue weighted by molar-refractivity contribution is 14.0. The van der Waals surface area contributed by atoms with Crippen LogP contribution in [-0.4, -0.2) is 54.5 Å². The minimum Gasteiger partial charge on any atom is -0.444 e. The summed E-state index contributed by atoms with van der Waals surface area (Å²) in [5.41, 5.74) is -0.491. The third-order valence-corrected chi connectivity index (χ3v) is 3.43. The number of alkyl carbamates (subject to hydrolysis) is 1. The van der Waals surface area contributed by atoms with Gasteiger partial charge in [-0.05, 0) is 53.4 Å². The van der Waals surface area contributed by atoms with Crippen LogP contribution < -0.4 is 16.0 Å². The molecule has 0 spiro atoms. The molecular weight excluding hydrogens is 423 g/mol. The molecule has 8 heteroatoms. The highest BCUT2D eigenvalue weighted by atomic mass is 127. The fraction of sp³-hybridized carbons (Fsp3) is 0.875. The van der Waals surface area contributed by atoms with Gasteiger partial charge in [-0.2, -0.15) is 0 Å². The summed E-state index contributed by atoms with van der Waals surface area (Å²) in [6.45, 7) is 9.19. The maximum atomic E-state index is 11.5. The Morgan fingerprint density at radius 1 is 1.21 bits per heavy atom. The van der Waals surface area contributed by atoms with Crippen molar-refractivity contribution in [3.05, 3.63) is 0 Å². The molecule has 0 saturated heterocycles. The number of nitrogens with one attached hydrogen (secondary N) is 3. The van der Waals surface area contributed by atoms with Gasteiger partial charge < -0.3 is 25.8 Å². The molecule has 1 amide bonds. The lowest BCUT2D eigenvalue weighted by Crippen LogP contribution is -2.45. The third-order valence-electron chi connectivity index (χ3n) is 3.43. The number of hydrogen-bond donors (Lipinski definition) is 4. The number of guanidine groups is 1. The smallest absolute Gasteiger partial charge is 0.407 e. The van der Waals surface area contributed by atoms with Crippen LogP contribution in [0, 0.1) is 0 Å². The molecule has 1 aliphatic carbocycles. The molecule has 0 aromatic heterocycles. The van der Waals surface area contributed by atoms with Crippen LogP contribution in [0.1, 0.15) is 53.4 Å². The molecule has 1 fully saturated rings. The molecule has 24 heavy (non-hydrogen) atoms. The van der Waals surface area contributed by atoms with Gasteiger partial charge in [-0.25, -0.2) is 4.79 Å². The quantitative estimate of drug-likeness (QED) is 0.220. The number of amides is 1. The van der Waals surface area contributed by atoms with Gasteiger partial charge in [-0.1, -0.05) is 0 Å². The number of carbonyl (C=O) groups is 1. The summed E-state index contributed by atoms with van der Waals surface area (Å²) in [5, 5.41) is 18.8. The molecule has 0 aliphatic heterocycles. The first-order chi connectivity index (χ1) is 10.8. The van der Waals surface area contributed by atoms with Crippen molar-refractivity contribution in [2.45, 2.75) is 71.1 Å². The van der Waals surface area contributed by atoms with Gasteiger partial charge in [-0.15, -0.1) is 24.0 Å². The van der Waals surface area contributed by atoms with Crippen LogP contribution in [0.5, 0.6) is 0 Å². The Balaban J connectivity index is 0.00000529. The molecule has 7 nitrogen and oxygen atoms in total. The van der Waals surface area contributed by atoms with Gasteiger partial charge in [0, 0.05) is 19.1 Å². The normalized spacial score (nSPS) is 21.5. The molecular formula is C16H33IN4O3. The zero-order valence-electron chi connectivity index (χ0n) is 15.2. The predicted octanol–water partition coefficient (Wildman–Crippen LogP) is 1.99. The molecule has 142 valence electrons. The van der Waals surface area contributed by atoms with Crippen LogP contribution in [-0.2, 0) is 4.74 Å². The van der Waals surface area contributed by atoms with Crippen molar-refractivity contribution in [1.82, 2.24) is 16.0 Å². The van der Waals surface area contributed by atoms with Gasteiger partial charge in [0.2, 0.25) is 0 Å². The highest BCUT2D eigenvalue weighted by Crippen LogP contribution is 2.18. The average molecular weight is 456 g/mol. The first kappa shape index (κ1) is 23.2. The summed E-state index contributed by atoms with van der Waals surface area (Å²) < 4.78 is 5.17. The summed E-state index contributed by atoms with van der Waals surface area (Å²) in [7, 11) is 0. The maximum Gasteiger partial charge on any atom is 0.407 e. The van der Waals surface area contributed by atoms with E-state index in [1.54, 1.807) is 0 Å². The van der Waals surface area contributed by atoms with E-state index in [0.717, 1.165) is 38.2 Å². The van der Waals surface area contributed by atoms with E-state index in [0.29, 0.717) is 19.1 Å². The van der Waals surface area contributed by atoms with Crippen molar-refractivity contribution in [2.24, 2.45) is 4.99 Å². The van der Waals surface area contributed by atoms with Crippen LogP contribution >= 0.6 is 24.0 Å². The molecule has 1 aliphatic rings. The van der Waals surface area contributed by atoms with E-state index in [1.807, 2.05) is 27.7 Å². The zero-order chi connectivity index (χ0) is 17.3. The van der Waals surface area contributed by atoms with Gasteiger partial charge in [0.1, 0.15) is 5.60 Å². The lowest BCUT2D eigenvalue weighted by molar-refractivity contribution is 0.0529. The Hall–Kier alpha value is -0.770. The Morgan fingerprint density at radius 3 is 2.38 bits per heavy atom. The molecule has 0 aromatic rings. The first-order valence-electron chi connectivity index (χ1n) is 8.50. The molecule has 0 unspecified atom stereocenters. The van der Waals surface area contributed by atoms with Crippen LogP contribution in [0.2, 0.25) is 0 Å². The second-order valence-electron chi connectivity index (χ2n) is 6.84. The number of aliphatic imine (C=N–C) groups is 1. The lowest BCUT2D eigenvalue weighted by atomic mass is 9.93. The largest absolute Gasteiger partial charge is 0.444 e. The molecule has 1 rings (SSSR count). The van der Waals surface area contributed by atoms with Gasteiger partial charge in [0.25, 0.3) is 0 Å². The lowest BCUT2D eigenvalue weighted by Gasteiger charge is -2.27. The maximum absolute atomic E-state index is 11.5. The molecule has 0 heterocycles. The number of carbonyl (C=O) groups excluding carboxylic acids is 1. The van der Waals surface area contributed by atoms with E-state index in [-0.39, 0.29) is 30.1 Å². The third kappa shape index (κ3) is 10.9. The van der Waals surface area contributed by atoms with Gasteiger partial charge >= 0.3 is 6.09 Å². The van der Waals surface area contributed by atoms with Crippen LogP contribution in [0.4, 0.5) is 4.79 Å². The number of aliphatic hydroxyl groups is 1. The van der Waals surface area contributed by atoms with Crippen molar-refractivity contribution in [1.29, 1.82) is 0 Å². The topological polar surface area (TPSA) is 95.0 Å². The fourth-order valence-electron chi connectivity index (χ4n) is 2.37. The Bertz CT molecular complexity index is 391. The van der Waals surface area contributed by atoms with E-state index in [2.05, 4.69) is 20.9 Å². The molecule has 0 aromatic carbocycles. The number of halogens is 1. The van der Waals surface area contributed by atoms with Gasteiger partial charge in [-0.3, -0.25) is 4.99 Å². The van der Waals surface area contributed by atoms with E-state index in [1.165, 1.54) is 0 Å². The zero-order valence-corrected chi connectivity index (χ0v) is 17.6. The Labute approximate surface area is 162 Å². The first-order valence-corrected chi connectivity index (χ1v) is 8.50. The van der Waals surface area contributed by atoms with Crippen molar-refractivity contribution in [2.75, 3.05) is 19.6 Å². The van der Waals surface area contributed by atoms with Gasteiger partial charge in [0.05, 0.1) is 12.6 Å². The number of hydrogen-bond acceptors (Lipinski definition) is 4. The summed E-state index contributed by atoms with van der Waals surface area (Å²) >= 11 is 0.